The number of hydrogen-bond acceptors (Lipinski definition) is 3. The molecule has 6 nitrogen and oxygen atoms in total. The Morgan fingerprint density at radius 1 is 1.09 bits per heavy atom. The summed E-state index contributed by atoms with van der Waals surface area (Å²) >= 11 is 0. The van der Waals surface area contributed by atoms with E-state index in [0.29, 0.717) is 30.8 Å². The number of rotatable bonds is 5. The fourth-order valence-corrected chi connectivity index (χ4v) is 7.56. The maximum atomic E-state index is 13.3. The molecule has 4 N–H and O–H groups in total. The summed E-state index contributed by atoms with van der Waals surface area (Å²) < 4.78 is 0. The highest BCUT2D eigenvalue weighted by Crippen LogP contribution is 2.53. The SMILES string of the molecule is N[C@@H](Cc1c[nH]c2ccccc12)C(=O)N1CCC[C@@H]1C(=O)NC1C2CC3CC(C2)CC1C3. The lowest BCUT2D eigenvalue weighted by atomic mass is 9.54. The molecule has 1 aliphatic heterocycles. The second-order valence-corrected chi connectivity index (χ2v) is 10.8. The largest absolute Gasteiger partial charge is 0.361 e. The first-order valence-electron chi connectivity index (χ1n) is 12.5. The van der Waals surface area contributed by atoms with Crippen molar-refractivity contribution in [3.63, 3.8) is 0 Å². The van der Waals surface area contributed by atoms with Gasteiger partial charge in [0.1, 0.15) is 6.04 Å². The van der Waals surface area contributed by atoms with Crippen LogP contribution in [0.2, 0.25) is 0 Å². The van der Waals surface area contributed by atoms with Gasteiger partial charge in [-0.1, -0.05) is 18.2 Å². The third kappa shape index (κ3) is 3.43. The number of fused-ring (bicyclic) bond motifs is 1. The van der Waals surface area contributed by atoms with Crippen LogP contribution in [0.3, 0.4) is 0 Å². The highest BCUT2D eigenvalue weighted by molar-refractivity contribution is 5.91. The van der Waals surface area contributed by atoms with Crippen LogP contribution >= 0.6 is 0 Å². The number of nitrogens with zero attached hydrogens (tertiary/aromatic N) is 1. The van der Waals surface area contributed by atoms with Crippen LogP contribution in [0.1, 0.15) is 50.5 Å². The Morgan fingerprint density at radius 2 is 1.81 bits per heavy atom. The van der Waals surface area contributed by atoms with Gasteiger partial charge in [-0.15, -0.1) is 0 Å². The standard InChI is InChI=1S/C26H34N4O2/c27-21(13-19-14-28-22-5-2-1-4-20(19)22)26(32)30-7-3-6-23(30)25(31)29-24-17-9-15-8-16(11-17)12-18(24)10-15/h1-2,4-5,14-18,21,23-24,28H,3,6-13,27H2,(H,29,31)/t15?,16?,17?,18?,21-,23+,24?/m0/s1. The van der Waals surface area contributed by atoms with Crippen molar-refractivity contribution in [3.05, 3.63) is 36.0 Å². The monoisotopic (exact) mass is 434 g/mol. The van der Waals surface area contributed by atoms with Crippen molar-refractivity contribution in [2.75, 3.05) is 6.54 Å². The number of amides is 2. The van der Waals surface area contributed by atoms with Crippen LogP contribution in [-0.4, -0.2) is 46.4 Å². The van der Waals surface area contributed by atoms with Crippen LogP contribution in [0.4, 0.5) is 0 Å². The molecule has 1 aromatic carbocycles. The van der Waals surface area contributed by atoms with E-state index in [9.17, 15) is 9.59 Å². The number of benzene rings is 1. The zero-order valence-corrected chi connectivity index (χ0v) is 18.6. The van der Waals surface area contributed by atoms with Crippen molar-refractivity contribution >= 4 is 22.7 Å². The number of hydrogen-bond donors (Lipinski definition) is 3. The van der Waals surface area contributed by atoms with Crippen molar-refractivity contribution in [1.82, 2.24) is 15.2 Å². The van der Waals surface area contributed by atoms with Gasteiger partial charge in [0.15, 0.2) is 0 Å². The van der Waals surface area contributed by atoms with Crippen LogP contribution in [0.5, 0.6) is 0 Å². The van der Waals surface area contributed by atoms with E-state index in [-0.39, 0.29) is 17.9 Å². The zero-order valence-electron chi connectivity index (χ0n) is 18.6. The average molecular weight is 435 g/mol. The lowest BCUT2D eigenvalue weighted by Gasteiger charge is -2.54. The summed E-state index contributed by atoms with van der Waals surface area (Å²) in [5, 5.41) is 4.52. The number of likely N-dealkylation sites (tertiary alicyclic amines) is 1. The van der Waals surface area contributed by atoms with E-state index < -0.39 is 6.04 Å². The minimum atomic E-state index is -0.635. The third-order valence-electron chi connectivity index (χ3n) is 8.81. The Hall–Kier alpha value is -2.34. The van der Waals surface area contributed by atoms with Gasteiger partial charge in [-0.25, -0.2) is 0 Å². The molecule has 0 radical (unpaired) electrons. The molecular formula is C26H34N4O2. The molecular weight excluding hydrogens is 400 g/mol. The van der Waals surface area contributed by atoms with Crippen molar-refractivity contribution < 1.29 is 9.59 Å². The van der Waals surface area contributed by atoms with Crippen LogP contribution in [0, 0.1) is 23.7 Å². The molecule has 2 aromatic rings. The van der Waals surface area contributed by atoms with Crippen LogP contribution in [-0.2, 0) is 16.0 Å². The Morgan fingerprint density at radius 3 is 2.56 bits per heavy atom. The summed E-state index contributed by atoms with van der Waals surface area (Å²) in [7, 11) is 0. The van der Waals surface area contributed by atoms with E-state index in [1.165, 1.54) is 32.1 Å². The van der Waals surface area contributed by atoms with E-state index >= 15 is 0 Å². The van der Waals surface area contributed by atoms with Crippen molar-refractivity contribution in [1.29, 1.82) is 0 Å². The molecule has 2 atom stereocenters. The number of nitrogens with two attached hydrogens (primary N) is 1. The summed E-state index contributed by atoms with van der Waals surface area (Å²) in [6.07, 6.45) is 10.5. The van der Waals surface area contributed by atoms with Gasteiger partial charge < -0.3 is 20.9 Å². The molecule has 2 heterocycles. The molecule has 0 unspecified atom stereocenters. The number of nitrogens with one attached hydrogen (secondary N) is 2. The first-order chi connectivity index (χ1) is 15.6. The fraction of sp³-hybridized carbons (Fsp3) is 0.615. The van der Waals surface area contributed by atoms with Crippen molar-refractivity contribution in [2.24, 2.45) is 29.4 Å². The van der Waals surface area contributed by atoms with Gasteiger partial charge in [-0.05, 0) is 86.7 Å². The van der Waals surface area contributed by atoms with Gasteiger partial charge in [-0.2, -0.15) is 0 Å². The predicted octanol–water partition coefficient (Wildman–Crippen LogP) is 2.97. The van der Waals surface area contributed by atoms with Crippen LogP contribution in [0.25, 0.3) is 10.9 Å². The molecule has 5 fully saturated rings. The topological polar surface area (TPSA) is 91.2 Å². The predicted molar refractivity (Wildman–Crippen MR) is 124 cm³/mol. The molecule has 4 aliphatic carbocycles. The normalized spacial score (nSPS) is 34.2. The Bertz CT molecular complexity index is 1000. The van der Waals surface area contributed by atoms with Crippen molar-refractivity contribution in [2.45, 2.75) is 69.5 Å². The number of aromatic nitrogens is 1. The first kappa shape index (κ1) is 20.3. The molecule has 32 heavy (non-hydrogen) atoms. The summed E-state index contributed by atoms with van der Waals surface area (Å²) in [4.78, 5) is 31.6. The fourth-order valence-electron chi connectivity index (χ4n) is 7.56. The molecule has 1 saturated heterocycles. The Balaban J connectivity index is 1.12. The molecule has 7 rings (SSSR count). The lowest BCUT2D eigenvalue weighted by Crippen LogP contribution is -2.59. The van der Waals surface area contributed by atoms with E-state index in [1.54, 1.807) is 4.90 Å². The Labute approximate surface area is 189 Å². The van der Waals surface area contributed by atoms with E-state index in [0.717, 1.165) is 41.1 Å². The minimum Gasteiger partial charge on any atom is -0.361 e. The summed E-state index contributed by atoms with van der Waals surface area (Å²) in [5.41, 5.74) is 8.49. The first-order valence-corrected chi connectivity index (χ1v) is 12.5. The number of para-hydroxylation sites is 1. The van der Waals surface area contributed by atoms with Crippen LogP contribution < -0.4 is 11.1 Å². The number of H-pyrrole nitrogens is 1. The quantitative estimate of drug-likeness (QED) is 0.676. The highest BCUT2D eigenvalue weighted by Gasteiger charge is 2.49. The van der Waals surface area contributed by atoms with Gasteiger partial charge in [0.05, 0.1) is 6.04 Å². The third-order valence-corrected chi connectivity index (χ3v) is 8.81. The molecule has 0 spiro atoms. The van der Waals surface area contributed by atoms with Gasteiger partial charge in [0, 0.05) is 29.7 Å². The van der Waals surface area contributed by atoms with Gasteiger partial charge in [0.2, 0.25) is 11.8 Å². The second-order valence-electron chi connectivity index (χ2n) is 10.8. The maximum absolute atomic E-state index is 13.3. The van der Waals surface area contributed by atoms with Gasteiger partial charge in [-0.3, -0.25) is 9.59 Å². The summed E-state index contributed by atoms with van der Waals surface area (Å²) in [6, 6.07) is 7.38. The number of aromatic amines is 1. The minimum absolute atomic E-state index is 0.0487. The van der Waals surface area contributed by atoms with E-state index in [4.69, 9.17) is 5.73 Å². The van der Waals surface area contributed by atoms with Gasteiger partial charge >= 0.3 is 0 Å². The smallest absolute Gasteiger partial charge is 0.243 e. The molecule has 1 aromatic heterocycles. The lowest BCUT2D eigenvalue weighted by molar-refractivity contribution is -0.140. The van der Waals surface area contributed by atoms with E-state index in [2.05, 4.69) is 16.4 Å². The molecule has 4 saturated carbocycles. The molecule has 2 amide bonds. The van der Waals surface area contributed by atoms with Crippen LogP contribution in [0.15, 0.2) is 30.5 Å². The highest BCUT2D eigenvalue weighted by atomic mass is 16.2. The summed E-state index contributed by atoms with van der Waals surface area (Å²) in [6.45, 7) is 0.625. The molecule has 6 heteroatoms. The maximum Gasteiger partial charge on any atom is 0.243 e. The average Bonchev–Trinajstić information content (AvgIpc) is 3.43. The second kappa shape index (κ2) is 7.91. The number of carbonyl (C=O) groups excluding carboxylic acids is 2. The molecule has 5 aliphatic rings. The summed E-state index contributed by atoms with van der Waals surface area (Å²) in [5.74, 6) is 3.01. The molecule has 4 bridgehead atoms. The van der Waals surface area contributed by atoms with Crippen molar-refractivity contribution in [3.8, 4) is 0 Å². The number of carbonyl (C=O) groups is 2. The Kier molecular flexibility index (Phi) is 5.01. The van der Waals surface area contributed by atoms with E-state index in [1.807, 2.05) is 24.4 Å². The molecule has 170 valence electrons. The van der Waals surface area contributed by atoms with Gasteiger partial charge in [0.25, 0.3) is 0 Å². The zero-order chi connectivity index (χ0) is 21.8.